The number of benzene rings is 1. The van der Waals surface area contributed by atoms with Crippen LogP contribution >= 0.6 is 0 Å². The van der Waals surface area contributed by atoms with Crippen molar-refractivity contribution >= 4 is 0 Å². The Bertz CT molecular complexity index is 1210. The number of fused-ring (bicyclic) bond motifs is 2. The summed E-state index contributed by atoms with van der Waals surface area (Å²) in [5.41, 5.74) is 0.787. The Kier molecular flexibility index (Phi) is 4.93. The van der Waals surface area contributed by atoms with Crippen molar-refractivity contribution in [3.8, 4) is 34.3 Å². The number of phenols is 1. The number of ether oxygens (including phenoxy) is 1. The van der Waals surface area contributed by atoms with Crippen LogP contribution in [0.15, 0.2) is 47.4 Å². The van der Waals surface area contributed by atoms with Crippen LogP contribution < -0.4 is 15.6 Å². The largest absolute Gasteiger partial charge is 0.507 e. The van der Waals surface area contributed by atoms with E-state index in [0.717, 1.165) is 12.8 Å². The van der Waals surface area contributed by atoms with E-state index < -0.39 is 17.8 Å². The zero-order chi connectivity index (χ0) is 22.5. The van der Waals surface area contributed by atoms with E-state index in [1.165, 1.54) is 22.9 Å². The number of hydrogen-bond donors (Lipinski definition) is 2. The quantitative estimate of drug-likeness (QED) is 0.647. The number of rotatable bonds is 4. The molecule has 9 heteroatoms. The maximum atomic E-state index is 14.9. The van der Waals surface area contributed by atoms with Crippen molar-refractivity contribution in [1.82, 2.24) is 25.1 Å². The Labute approximate surface area is 184 Å². The molecule has 2 aromatic heterocycles. The van der Waals surface area contributed by atoms with Gasteiger partial charge in [-0.2, -0.15) is 0 Å². The molecule has 2 fully saturated rings. The fourth-order valence-corrected chi connectivity index (χ4v) is 4.71. The third-order valence-corrected chi connectivity index (χ3v) is 6.50. The molecule has 0 amide bonds. The first kappa shape index (κ1) is 20.6. The maximum Gasteiger partial charge on any atom is 0.253 e. The normalized spacial score (nSPS) is 26.8. The number of aromatic nitrogens is 4. The van der Waals surface area contributed by atoms with Gasteiger partial charge in [0, 0.05) is 49.0 Å². The molecule has 2 aliphatic heterocycles. The van der Waals surface area contributed by atoms with E-state index in [-0.39, 0.29) is 23.2 Å². The molecule has 4 heterocycles. The second-order valence-electron chi connectivity index (χ2n) is 8.75. The zero-order valence-electron chi connectivity index (χ0n) is 17.8. The predicted octanol–water partition coefficient (Wildman–Crippen LogP) is 2.61. The Morgan fingerprint density at radius 1 is 1.25 bits per heavy atom. The lowest BCUT2D eigenvalue weighted by Gasteiger charge is -2.39. The summed E-state index contributed by atoms with van der Waals surface area (Å²) in [6.07, 6.45) is 2.09. The van der Waals surface area contributed by atoms with Gasteiger partial charge in [0.15, 0.2) is 6.17 Å². The summed E-state index contributed by atoms with van der Waals surface area (Å²) in [6, 6.07) is 9.92. The first-order valence-corrected chi connectivity index (χ1v) is 10.6. The Morgan fingerprint density at radius 3 is 2.84 bits per heavy atom. The molecule has 2 bridgehead atoms. The van der Waals surface area contributed by atoms with Gasteiger partial charge in [0.25, 0.3) is 5.56 Å². The van der Waals surface area contributed by atoms with E-state index in [9.17, 15) is 14.3 Å². The highest BCUT2D eigenvalue weighted by molar-refractivity contribution is 5.72. The van der Waals surface area contributed by atoms with Gasteiger partial charge in [-0.25, -0.2) is 9.37 Å². The van der Waals surface area contributed by atoms with Crippen LogP contribution in [-0.2, 0) is 7.05 Å². The van der Waals surface area contributed by atoms with E-state index >= 15 is 0 Å². The number of nitrogens with one attached hydrogen (secondary N) is 1. The smallest absolute Gasteiger partial charge is 0.253 e. The van der Waals surface area contributed by atoms with Crippen LogP contribution in [0.25, 0.3) is 22.6 Å². The monoisotopic (exact) mass is 437 g/mol. The zero-order valence-corrected chi connectivity index (χ0v) is 17.8. The second kappa shape index (κ2) is 7.67. The van der Waals surface area contributed by atoms with Gasteiger partial charge in [0.05, 0.1) is 11.2 Å². The van der Waals surface area contributed by atoms with Crippen molar-refractivity contribution in [3.05, 3.63) is 52.9 Å². The molecule has 8 nitrogen and oxygen atoms in total. The predicted molar refractivity (Wildman–Crippen MR) is 116 cm³/mol. The molecule has 0 saturated carbocycles. The summed E-state index contributed by atoms with van der Waals surface area (Å²) in [6.45, 7) is 1.90. The lowest BCUT2D eigenvalue weighted by molar-refractivity contribution is 0.00813. The van der Waals surface area contributed by atoms with Crippen LogP contribution in [0.5, 0.6) is 11.6 Å². The SMILES string of the molecule is Cn1c(-c2ccc(-c3ccc(O[C@@H]4C[C@H]5CC[C@](C)(N5)[C@H]4F)nn3)c(O)c2)nccc1=O. The average molecular weight is 437 g/mol. The van der Waals surface area contributed by atoms with Gasteiger partial charge in [-0.05, 0) is 38.0 Å². The van der Waals surface area contributed by atoms with Crippen LogP contribution in [0, 0.1) is 0 Å². The van der Waals surface area contributed by atoms with Crippen LogP contribution in [-0.4, -0.2) is 48.7 Å². The molecule has 5 rings (SSSR count). The minimum Gasteiger partial charge on any atom is -0.507 e. The number of phenolic OH excluding ortho intramolecular Hbond substituents is 1. The highest BCUT2D eigenvalue weighted by atomic mass is 19.1. The Balaban J connectivity index is 1.35. The molecular formula is C23H24FN5O3. The van der Waals surface area contributed by atoms with Gasteiger partial charge in [-0.3, -0.25) is 9.36 Å². The minimum atomic E-state index is -1.12. The minimum absolute atomic E-state index is 0.0183. The van der Waals surface area contributed by atoms with Gasteiger partial charge in [0.2, 0.25) is 5.88 Å². The van der Waals surface area contributed by atoms with Gasteiger partial charge < -0.3 is 15.2 Å². The number of halogens is 1. The van der Waals surface area contributed by atoms with Gasteiger partial charge in [0.1, 0.15) is 17.7 Å². The fraction of sp³-hybridized carbons (Fsp3) is 0.391. The molecule has 32 heavy (non-hydrogen) atoms. The number of alkyl halides is 1. The van der Waals surface area contributed by atoms with Crippen molar-refractivity contribution in [1.29, 1.82) is 0 Å². The summed E-state index contributed by atoms with van der Waals surface area (Å²) in [7, 11) is 1.62. The molecule has 4 atom stereocenters. The summed E-state index contributed by atoms with van der Waals surface area (Å²) < 4.78 is 22.2. The highest BCUT2D eigenvalue weighted by Crippen LogP contribution is 2.39. The van der Waals surface area contributed by atoms with E-state index in [1.807, 2.05) is 6.92 Å². The topological polar surface area (TPSA) is 102 Å². The molecule has 166 valence electrons. The van der Waals surface area contributed by atoms with Crippen molar-refractivity contribution in [3.63, 3.8) is 0 Å². The standard InChI is InChI=1S/C23H24FN5O3/c1-23-9-7-14(26-23)12-18(21(23)24)32-19-6-5-16(27-28-19)15-4-3-13(11-17(15)30)22-25-10-8-20(31)29(22)2/h3-6,8,10-11,14,18,21,26,30H,7,9,12H2,1-2H3/t14-,18-,21+,23+/m1/s1. The van der Waals surface area contributed by atoms with Crippen LogP contribution in [0.2, 0.25) is 0 Å². The second-order valence-corrected chi connectivity index (χ2v) is 8.75. The number of aromatic hydroxyl groups is 1. The summed E-state index contributed by atoms with van der Waals surface area (Å²) in [5, 5.41) is 22.2. The first-order chi connectivity index (χ1) is 15.3. The lowest BCUT2D eigenvalue weighted by Crippen LogP contribution is -2.59. The van der Waals surface area contributed by atoms with Gasteiger partial charge in [-0.1, -0.05) is 6.07 Å². The molecule has 0 spiro atoms. The van der Waals surface area contributed by atoms with E-state index in [2.05, 4.69) is 20.5 Å². The summed E-state index contributed by atoms with van der Waals surface area (Å²) in [5.74, 6) is 0.681. The van der Waals surface area contributed by atoms with Crippen molar-refractivity contribution in [2.45, 2.75) is 50.0 Å². The number of hydrogen-bond acceptors (Lipinski definition) is 7. The molecule has 2 aliphatic rings. The van der Waals surface area contributed by atoms with Crippen molar-refractivity contribution in [2.75, 3.05) is 0 Å². The van der Waals surface area contributed by atoms with Crippen molar-refractivity contribution < 1.29 is 14.2 Å². The molecule has 0 aliphatic carbocycles. The molecule has 2 N–H and O–H groups in total. The number of piperidine rings is 1. The molecule has 0 unspecified atom stereocenters. The molecule has 3 aromatic rings. The van der Waals surface area contributed by atoms with Crippen LogP contribution in [0.1, 0.15) is 26.2 Å². The van der Waals surface area contributed by atoms with Crippen LogP contribution in [0.4, 0.5) is 4.39 Å². The van der Waals surface area contributed by atoms with Crippen LogP contribution in [0.3, 0.4) is 0 Å². The van der Waals surface area contributed by atoms with Gasteiger partial charge in [-0.15, -0.1) is 10.2 Å². The van der Waals surface area contributed by atoms with Gasteiger partial charge >= 0.3 is 0 Å². The van der Waals surface area contributed by atoms with Crippen molar-refractivity contribution in [2.24, 2.45) is 7.05 Å². The van der Waals surface area contributed by atoms with E-state index in [4.69, 9.17) is 4.74 Å². The lowest BCUT2D eigenvalue weighted by atomic mass is 9.88. The van der Waals surface area contributed by atoms with E-state index in [1.54, 1.807) is 31.3 Å². The third-order valence-electron chi connectivity index (χ3n) is 6.50. The summed E-state index contributed by atoms with van der Waals surface area (Å²) in [4.78, 5) is 16.1. The maximum absolute atomic E-state index is 14.9. The average Bonchev–Trinajstić information content (AvgIpc) is 3.12. The Morgan fingerprint density at radius 2 is 2.09 bits per heavy atom. The van der Waals surface area contributed by atoms with E-state index in [0.29, 0.717) is 29.1 Å². The highest BCUT2D eigenvalue weighted by Gasteiger charge is 2.51. The molecular weight excluding hydrogens is 413 g/mol. The third kappa shape index (κ3) is 3.52. The number of nitrogens with zero attached hydrogens (tertiary/aromatic N) is 4. The Hall–Kier alpha value is -3.33. The first-order valence-electron chi connectivity index (χ1n) is 10.6. The summed E-state index contributed by atoms with van der Waals surface area (Å²) >= 11 is 0. The fourth-order valence-electron chi connectivity index (χ4n) is 4.71. The molecule has 1 aromatic carbocycles. The molecule has 2 saturated heterocycles. The molecule has 0 radical (unpaired) electrons.